The van der Waals surface area contributed by atoms with Gasteiger partial charge in [0.1, 0.15) is 5.75 Å². The fourth-order valence-corrected chi connectivity index (χ4v) is 1.93. The maximum atomic E-state index is 5.38. The Morgan fingerprint density at radius 2 is 2.06 bits per heavy atom. The summed E-state index contributed by atoms with van der Waals surface area (Å²) >= 11 is 0. The van der Waals surface area contributed by atoms with Crippen LogP contribution in [0.2, 0.25) is 0 Å². The standard InChI is InChI=1S/C13H18N2O/c1-8-5-10-7-11(9(2)14-3)15-13(10)12(6-8)16-4/h5-7,9,14-15H,1-4H3. The SMILES string of the molecule is CNC(C)c1cc2cc(C)cc(OC)c2[nH]1. The van der Waals surface area contributed by atoms with Gasteiger partial charge in [-0.3, -0.25) is 0 Å². The second-order valence-corrected chi connectivity index (χ2v) is 4.17. The van der Waals surface area contributed by atoms with E-state index in [1.807, 2.05) is 13.1 Å². The quantitative estimate of drug-likeness (QED) is 0.831. The average molecular weight is 218 g/mol. The molecule has 0 aliphatic heterocycles. The molecule has 0 amide bonds. The van der Waals surface area contributed by atoms with E-state index in [4.69, 9.17) is 4.74 Å². The number of aromatic amines is 1. The molecule has 1 heterocycles. The predicted molar refractivity (Wildman–Crippen MR) is 67.1 cm³/mol. The number of hydrogen-bond donors (Lipinski definition) is 2. The molecule has 1 atom stereocenters. The lowest BCUT2D eigenvalue weighted by atomic mass is 10.1. The van der Waals surface area contributed by atoms with Crippen molar-refractivity contribution in [2.75, 3.05) is 14.2 Å². The Morgan fingerprint density at radius 1 is 1.31 bits per heavy atom. The minimum absolute atomic E-state index is 0.317. The van der Waals surface area contributed by atoms with Gasteiger partial charge in [0, 0.05) is 17.1 Å². The molecule has 0 aliphatic rings. The van der Waals surface area contributed by atoms with Gasteiger partial charge in [0.25, 0.3) is 0 Å². The van der Waals surface area contributed by atoms with E-state index in [2.05, 4.69) is 36.3 Å². The topological polar surface area (TPSA) is 37.0 Å². The Balaban J connectivity index is 2.60. The Bertz CT molecular complexity index is 502. The first-order chi connectivity index (χ1) is 7.65. The van der Waals surface area contributed by atoms with E-state index in [0.717, 1.165) is 11.3 Å². The molecule has 0 fully saturated rings. The highest BCUT2D eigenvalue weighted by molar-refractivity contribution is 5.87. The first-order valence-electron chi connectivity index (χ1n) is 5.50. The lowest BCUT2D eigenvalue weighted by Gasteiger charge is -2.06. The van der Waals surface area contributed by atoms with Crippen LogP contribution in [0.4, 0.5) is 0 Å². The number of methoxy groups -OCH3 is 1. The van der Waals surface area contributed by atoms with Crippen LogP contribution in [0.15, 0.2) is 18.2 Å². The summed E-state index contributed by atoms with van der Waals surface area (Å²) in [5.41, 5.74) is 3.47. The molecule has 3 heteroatoms. The second kappa shape index (κ2) is 4.18. The van der Waals surface area contributed by atoms with Crippen LogP contribution in [0.3, 0.4) is 0 Å². The molecule has 0 radical (unpaired) electrons. The summed E-state index contributed by atoms with van der Waals surface area (Å²) in [7, 11) is 3.66. The van der Waals surface area contributed by atoms with Gasteiger partial charge in [-0.2, -0.15) is 0 Å². The number of benzene rings is 1. The fraction of sp³-hybridized carbons (Fsp3) is 0.385. The van der Waals surface area contributed by atoms with E-state index in [-0.39, 0.29) is 0 Å². The monoisotopic (exact) mass is 218 g/mol. The molecule has 1 aromatic carbocycles. The zero-order valence-corrected chi connectivity index (χ0v) is 10.2. The predicted octanol–water partition coefficient (Wildman–Crippen LogP) is 2.77. The summed E-state index contributed by atoms with van der Waals surface area (Å²) in [4.78, 5) is 3.41. The van der Waals surface area contributed by atoms with E-state index in [0.29, 0.717) is 6.04 Å². The molecule has 0 saturated carbocycles. The van der Waals surface area contributed by atoms with Gasteiger partial charge in [0.15, 0.2) is 0 Å². The summed E-state index contributed by atoms with van der Waals surface area (Å²) in [6, 6.07) is 6.70. The second-order valence-electron chi connectivity index (χ2n) is 4.17. The van der Waals surface area contributed by atoms with Gasteiger partial charge < -0.3 is 15.0 Å². The van der Waals surface area contributed by atoms with Crippen molar-refractivity contribution in [3.05, 3.63) is 29.5 Å². The van der Waals surface area contributed by atoms with Crippen molar-refractivity contribution in [2.24, 2.45) is 0 Å². The van der Waals surface area contributed by atoms with Crippen molar-refractivity contribution in [1.29, 1.82) is 0 Å². The molecule has 2 aromatic rings. The van der Waals surface area contributed by atoms with Gasteiger partial charge in [-0.15, -0.1) is 0 Å². The van der Waals surface area contributed by atoms with E-state index in [9.17, 15) is 0 Å². The van der Waals surface area contributed by atoms with Gasteiger partial charge in [0.2, 0.25) is 0 Å². The van der Waals surface area contributed by atoms with Crippen molar-refractivity contribution < 1.29 is 4.74 Å². The number of rotatable bonds is 3. The van der Waals surface area contributed by atoms with Crippen LogP contribution in [-0.4, -0.2) is 19.1 Å². The lowest BCUT2D eigenvalue weighted by molar-refractivity contribution is 0.418. The molecular weight excluding hydrogens is 200 g/mol. The molecule has 86 valence electrons. The van der Waals surface area contributed by atoms with Gasteiger partial charge >= 0.3 is 0 Å². The minimum Gasteiger partial charge on any atom is -0.495 e. The van der Waals surface area contributed by atoms with Gasteiger partial charge in [-0.25, -0.2) is 0 Å². The third-order valence-electron chi connectivity index (χ3n) is 2.98. The van der Waals surface area contributed by atoms with Gasteiger partial charge in [0.05, 0.1) is 12.6 Å². The summed E-state index contributed by atoms with van der Waals surface area (Å²) in [6.07, 6.45) is 0. The molecule has 2 rings (SSSR count). The zero-order chi connectivity index (χ0) is 11.7. The van der Waals surface area contributed by atoms with Crippen LogP contribution in [0, 0.1) is 6.92 Å². The van der Waals surface area contributed by atoms with Crippen molar-refractivity contribution >= 4 is 10.9 Å². The number of ether oxygens (including phenoxy) is 1. The first kappa shape index (κ1) is 11.0. The number of fused-ring (bicyclic) bond motifs is 1. The van der Waals surface area contributed by atoms with Crippen LogP contribution in [0.1, 0.15) is 24.2 Å². The molecule has 1 aromatic heterocycles. The largest absolute Gasteiger partial charge is 0.495 e. The van der Waals surface area contributed by atoms with E-state index < -0.39 is 0 Å². The third kappa shape index (κ3) is 1.78. The van der Waals surface area contributed by atoms with Crippen LogP contribution >= 0.6 is 0 Å². The Morgan fingerprint density at radius 3 is 2.69 bits per heavy atom. The smallest absolute Gasteiger partial charge is 0.143 e. The molecule has 3 nitrogen and oxygen atoms in total. The molecular formula is C13H18N2O. The van der Waals surface area contributed by atoms with Crippen molar-refractivity contribution in [3.63, 3.8) is 0 Å². The normalized spacial score (nSPS) is 13.0. The maximum Gasteiger partial charge on any atom is 0.143 e. The molecule has 0 aliphatic carbocycles. The van der Waals surface area contributed by atoms with Crippen LogP contribution < -0.4 is 10.1 Å². The summed E-state index contributed by atoms with van der Waals surface area (Å²) in [6.45, 7) is 4.21. The van der Waals surface area contributed by atoms with E-state index in [1.165, 1.54) is 16.6 Å². The van der Waals surface area contributed by atoms with Crippen LogP contribution in [0.5, 0.6) is 5.75 Å². The van der Waals surface area contributed by atoms with Crippen molar-refractivity contribution in [1.82, 2.24) is 10.3 Å². The zero-order valence-electron chi connectivity index (χ0n) is 10.2. The number of aromatic nitrogens is 1. The highest BCUT2D eigenvalue weighted by Crippen LogP contribution is 2.29. The Kier molecular flexibility index (Phi) is 2.88. The Hall–Kier alpha value is -1.48. The van der Waals surface area contributed by atoms with Crippen LogP contribution in [0.25, 0.3) is 10.9 Å². The number of aryl methyl sites for hydroxylation is 1. The Labute approximate surface area is 95.8 Å². The number of H-pyrrole nitrogens is 1. The minimum atomic E-state index is 0.317. The van der Waals surface area contributed by atoms with E-state index in [1.54, 1.807) is 7.11 Å². The van der Waals surface area contributed by atoms with Gasteiger partial charge in [-0.1, -0.05) is 0 Å². The van der Waals surface area contributed by atoms with Crippen molar-refractivity contribution in [2.45, 2.75) is 19.9 Å². The first-order valence-corrected chi connectivity index (χ1v) is 5.50. The number of hydrogen-bond acceptors (Lipinski definition) is 2. The van der Waals surface area contributed by atoms with Crippen LogP contribution in [-0.2, 0) is 0 Å². The molecule has 0 bridgehead atoms. The summed E-state index contributed by atoms with van der Waals surface area (Å²) in [5, 5.41) is 4.42. The molecule has 0 saturated heterocycles. The molecule has 0 spiro atoms. The average Bonchev–Trinajstić information content (AvgIpc) is 2.70. The maximum absolute atomic E-state index is 5.38. The molecule has 16 heavy (non-hydrogen) atoms. The highest BCUT2D eigenvalue weighted by atomic mass is 16.5. The lowest BCUT2D eigenvalue weighted by Crippen LogP contribution is -2.12. The number of nitrogens with one attached hydrogen (secondary N) is 2. The molecule has 2 N–H and O–H groups in total. The summed E-state index contributed by atoms with van der Waals surface area (Å²) in [5.74, 6) is 0.907. The summed E-state index contributed by atoms with van der Waals surface area (Å²) < 4.78 is 5.38. The van der Waals surface area contributed by atoms with E-state index >= 15 is 0 Å². The highest BCUT2D eigenvalue weighted by Gasteiger charge is 2.10. The molecule has 1 unspecified atom stereocenters. The third-order valence-corrected chi connectivity index (χ3v) is 2.98. The van der Waals surface area contributed by atoms with Gasteiger partial charge in [-0.05, 0) is 44.7 Å². The van der Waals surface area contributed by atoms with Crippen molar-refractivity contribution in [3.8, 4) is 5.75 Å². The fourth-order valence-electron chi connectivity index (χ4n) is 1.93.